The predicted octanol–water partition coefficient (Wildman–Crippen LogP) is 4.58. The molecule has 0 bridgehead atoms. The minimum atomic E-state index is -4.33. The van der Waals surface area contributed by atoms with Crippen LogP contribution in [0.15, 0.2) is 24.3 Å². The first-order valence-electron chi connectivity index (χ1n) is 7.17. The molecule has 1 aliphatic carbocycles. The van der Waals surface area contributed by atoms with E-state index >= 15 is 0 Å². The van der Waals surface area contributed by atoms with E-state index < -0.39 is 17.3 Å². The van der Waals surface area contributed by atoms with Crippen LogP contribution in [0.25, 0.3) is 0 Å². The average molecular weight is 286 g/mol. The molecule has 1 N–H and O–H groups in total. The number of aliphatic hydroxyl groups is 1. The Bertz CT molecular complexity index is 445. The third-order valence-electron chi connectivity index (χ3n) is 4.30. The quantitative estimate of drug-likeness (QED) is 0.862. The summed E-state index contributed by atoms with van der Waals surface area (Å²) < 4.78 is 38.1. The second kappa shape index (κ2) is 5.76. The molecular formula is C16H21F3O. The van der Waals surface area contributed by atoms with E-state index in [0.29, 0.717) is 5.56 Å². The van der Waals surface area contributed by atoms with Crippen molar-refractivity contribution in [1.82, 2.24) is 0 Å². The fraction of sp³-hybridized carbons (Fsp3) is 0.625. The summed E-state index contributed by atoms with van der Waals surface area (Å²) >= 11 is 0. The van der Waals surface area contributed by atoms with Gasteiger partial charge in [-0.1, -0.05) is 37.5 Å². The van der Waals surface area contributed by atoms with Gasteiger partial charge in [0, 0.05) is 6.42 Å². The summed E-state index contributed by atoms with van der Waals surface area (Å²) in [5, 5.41) is 10.6. The second-order valence-electron chi connectivity index (χ2n) is 6.07. The van der Waals surface area contributed by atoms with Gasteiger partial charge in [-0.15, -0.1) is 0 Å². The molecule has 1 fully saturated rings. The Morgan fingerprint density at radius 3 is 2.40 bits per heavy atom. The summed E-state index contributed by atoms with van der Waals surface area (Å²) in [6, 6.07) is 5.29. The topological polar surface area (TPSA) is 20.2 Å². The molecule has 4 heteroatoms. The Kier molecular flexibility index (Phi) is 4.43. The number of alkyl halides is 3. The highest BCUT2D eigenvalue weighted by Gasteiger charge is 2.34. The summed E-state index contributed by atoms with van der Waals surface area (Å²) in [5.41, 5.74) is -1.02. The maximum atomic E-state index is 12.7. The van der Waals surface area contributed by atoms with Crippen molar-refractivity contribution in [2.75, 3.05) is 0 Å². The lowest BCUT2D eigenvalue weighted by Gasteiger charge is -2.36. The molecule has 1 nitrogen and oxygen atoms in total. The summed E-state index contributed by atoms with van der Waals surface area (Å²) in [6.07, 6.45) is 1.27. The Labute approximate surface area is 117 Å². The van der Waals surface area contributed by atoms with Gasteiger partial charge < -0.3 is 5.11 Å². The first kappa shape index (κ1) is 15.4. The first-order chi connectivity index (χ1) is 9.29. The Hall–Kier alpha value is -1.03. The van der Waals surface area contributed by atoms with Crippen LogP contribution in [-0.4, -0.2) is 10.7 Å². The summed E-state index contributed by atoms with van der Waals surface area (Å²) in [5.74, 6) is 0.186. The molecule has 0 saturated heterocycles. The van der Waals surface area contributed by atoms with Gasteiger partial charge in [0.15, 0.2) is 0 Å². The highest BCUT2D eigenvalue weighted by molar-refractivity contribution is 5.26. The summed E-state index contributed by atoms with van der Waals surface area (Å²) in [7, 11) is 0. The fourth-order valence-electron chi connectivity index (χ4n) is 3.14. The van der Waals surface area contributed by atoms with Gasteiger partial charge in [0.1, 0.15) is 0 Å². The van der Waals surface area contributed by atoms with Crippen molar-refractivity contribution in [3.8, 4) is 0 Å². The van der Waals surface area contributed by atoms with Gasteiger partial charge in [0.05, 0.1) is 11.2 Å². The number of benzene rings is 1. The van der Waals surface area contributed by atoms with E-state index in [1.165, 1.54) is 12.5 Å². The third kappa shape index (κ3) is 3.75. The number of halogens is 3. The minimum absolute atomic E-state index is 0.186. The molecule has 112 valence electrons. The second-order valence-corrected chi connectivity index (χ2v) is 6.07. The number of rotatable bonds is 3. The van der Waals surface area contributed by atoms with Crippen molar-refractivity contribution in [2.45, 2.75) is 57.2 Å². The van der Waals surface area contributed by atoms with Crippen molar-refractivity contribution in [3.05, 3.63) is 35.4 Å². The van der Waals surface area contributed by atoms with E-state index in [0.717, 1.165) is 37.8 Å². The Morgan fingerprint density at radius 2 is 1.80 bits per heavy atom. The fourth-order valence-corrected chi connectivity index (χ4v) is 3.14. The van der Waals surface area contributed by atoms with E-state index in [-0.39, 0.29) is 12.3 Å². The van der Waals surface area contributed by atoms with Crippen LogP contribution in [-0.2, 0) is 12.6 Å². The molecule has 1 aliphatic rings. The third-order valence-corrected chi connectivity index (χ3v) is 4.30. The van der Waals surface area contributed by atoms with E-state index in [9.17, 15) is 18.3 Å². The zero-order valence-electron chi connectivity index (χ0n) is 11.7. The molecule has 0 heterocycles. The van der Waals surface area contributed by atoms with Gasteiger partial charge in [0.2, 0.25) is 0 Å². The maximum absolute atomic E-state index is 12.7. The zero-order valence-corrected chi connectivity index (χ0v) is 11.7. The SMILES string of the molecule is CC(O)(Cc1cccc(C(F)(F)F)c1)C1CCCCC1. The molecule has 0 aromatic heterocycles. The van der Waals surface area contributed by atoms with Crippen molar-refractivity contribution in [3.63, 3.8) is 0 Å². The maximum Gasteiger partial charge on any atom is 0.416 e. The van der Waals surface area contributed by atoms with Crippen molar-refractivity contribution in [2.24, 2.45) is 5.92 Å². The van der Waals surface area contributed by atoms with Gasteiger partial charge in [-0.2, -0.15) is 13.2 Å². The van der Waals surface area contributed by atoms with Crippen LogP contribution < -0.4 is 0 Å². The van der Waals surface area contributed by atoms with Crippen LogP contribution in [0.1, 0.15) is 50.2 Å². The molecule has 20 heavy (non-hydrogen) atoms. The van der Waals surface area contributed by atoms with Gasteiger partial charge in [-0.05, 0) is 37.3 Å². The highest BCUT2D eigenvalue weighted by atomic mass is 19.4. The molecule has 0 aliphatic heterocycles. The molecule has 0 radical (unpaired) electrons. The Balaban J connectivity index is 2.12. The van der Waals surface area contributed by atoms with Crippen LogP contribution >= 0.6 is 0 Å². The summed E-state index contributed by atoms with van der Waals surface area (Å²) in [6.45, 7) is 1.75. The first-order valence-corrected chi connectivity index (χ1v) is 7.17. The monoisotopic (exact) mass is 286 g/mol. The predicted molar refractivity (Wildman–Crippen MR) is 72.3 cm³/mol. The number of hydrogen-bond acceptors (Lipinski definition) is 1. The van der Waals surface area contributed by atoms with E-state index in [4.69, 9.17) is 0 Å². The van der Waals surface area contributed by atoms with Gasteiger partial charge >= 0.3 is 6.18 Å². The molecule has 0 spiro atoms. The molecule has 1 aromatic carbocycles. The van der Waals surface area contributed by atoms with Crippen LogP contribution in [0.5, 0.6) is 0 Å². The average Bonchev–Trinajstić information content (AvgIpc) is 2.38. The molecule has 1 unspecified atom stereocenters. The van der Waals surface area contributed by atoms with E-state index in [2.05, 4.69) is 0 Å². The molecule has 0 amide bonds. The highest BCUT2D eigenvalue weighted by Crippen LogP contribution is 2.36. The molecule has 2 rings (SSSR count). The van der Waals surface area contributed by atoms with Crippen LogP contribution in [0, 0.1) is 5.92 Å². The summed E-state index contributed by atoms with van der Waals surface area (Å²) in [4.78, 5) is 0. The van der Waals surface area contributed by atoms with E-state index in [1.807, 2.05) is 0 Å². The van der Waals surface area contributed by atoms with Crippen LogP contribution in [0.4, 0.5) is 13.2 Å². The number of hydrogen-bond donors (Lipinski definition) is 1. The molecule has 1 saturated carbocycles. The lowest BCUT2D eigenvalue weighted by atomic mass is 9.75. The lowest BCUT2D eigenvalue weighted by Crippen LogP contribution is -2.38. The van der Waals surface area contributed by atoms with Gasteiger partial charge in [-0.3, -0.25) is 0 Å². The Morgan fingerprint density at radius 1 is 1.15 bits per heavy atom. The van der Waals surface area contributed by atoms with Crippen molar-refractivity contribution < 1.29 is 18.3 Å². The zero-order chi connectivity index (χ0) is 14.8. The standard InChI is InChI=1S/C16H21F3O/c1-15(20,13-7-3-2-4-8-13)11-12-6-5-9-14(10-12)16(17,18)19/h5-6,9-10,13,20H,2-4,7-8,11H2,1H3. The van der Waals surface area contributed by atoms with Crippen LogP contribution in [0.3, 0.4) is 0 Å². The van der Waals surface area contributed by atoms with Crippen LogP contribution in [0.2, 0.25) is 0 Å². The van der Waals surface area contributed by atoms with Crippen molar-refractivity contribution >= 4 is 0 Å². The van der Waals surface area contributed by atoms with Gasteiger partial charge in [-0.25, -0.2) is 0 Å². The smallest absolute Gasteiger partial charge is 0.390 e. The van der Waals surface area contributed by atoms with E-state index in [1.54, 1.807) is 13.0 Å². The van der Waals surface area contributed by atoms with Gasteiger partial charge in [0.25, 0.3) is 0 Å². The molecule has 1 aromatic rings. The minimum Gasteiger partial charge on any atom is -0.390 e. The largest absolute Gasteiger partial charge is 0.416 e. The van der Waals surface area contributed by atoms with Crippen molar-refractivity contribution in [1.29, 1.82) is 0 Å². The molecular weight excluding hydrogens is 265 g/mol. The molecule has 1 atom stereocenters. The lowest BCUT2D eigenvalue weighted by molar-refractivity contribution is -0.137. The normalized spacial score (nSPS) is 20.6.